The maximum Gasteiger partial charge on any atom is 0.219 e. The Morgan fingerprint density at radius 1 is 1.35 bits per heavy atom. The minimum Gasteiger partial charge on any atom is -0.391 e. The quantitative estimate of drug-likeness (QED) is 0.364. The maximum absolute atomic E-state index is 9.65. The number of aliphatic hydroxyl groups excluding tert-OH is 3. The molecule has 6 nitrogen and oxygen atoms in total. The van der Waals surface area contributed by atoms with Gasteiger partial charge in [0.05, 0.1) is 6.61 Å². The molecule has 0 bridgehead atoms. The van der Waals surface area contributed by atoms with E-state index in [4.69, 9.17) is 9.84 Å². The summed E-state index contributed by atoms with van der Waals surface area (Å²) in [6.45, 7) is 4.58. The van der Waals surface area contributed by atoms with E-state index in [0.29, 0.717) is 12.5 Å². The largest absolute Gasteiger partial charge is 0.391 e. The summed E-state index contributed by atoms with van der Waals surface area (Å²) in [4.78, 5) is 0. The van der Waals surface area contributed by atoms with Crippen molar-refractivity contribution in [3.05, 3.63) is 0 Å². The topological polar surface area (TPSA) is 102 Å². The molecular weight excluding hydrogens is 226 g/mol. The molecule has 1 aliphatic rings. The van der Waals surface area contributed by atoms with Crippen molar-refractivity contribution < 1.29 is 25.2 Å². The molecule has 0 unspecified atom stereocenters. The van der Waals surface area contributed by atoms with E-state index >= 15 is 0 Å². The van der Waals surface area contributed by atoms with Gasteiger partial charge in [-0.3, -0.25) is 0 Å². The van der Waals surface area contributed by atoms with Crippen LogP contribution in [0.5, 0.6) is 0 Å². The van der Waals surface area contributed by atoms with Gasteiger partial charge in [0.15, 0.2) is 0 Å². The van der Waals surface area contributed by atoms with E-state index < -0.39 is 30.7 Å². The number of nitrogens with one attached hydrogen (secondary N) is 1. The lowest BCUT2D eigenvalue weighted by atomic mass is 10.1. The van der Waals surface area contributed by atoms with E-state index in [1.54, 1.807) is 0 Å². The molecule has 0 amide bonds. The van der Waals surface area contributed by atoms with Crippen LogP contribution in [0.15, 0.2) is 0 Å². The first-order valence-corrected chi connectivity index (χ1v) is 5.98. The fraction of sp³-hybridized carbons (Fsp3) is 1.00. The summed E-state index contributed by atoms with van der Waals surface area (Å²) in [7, 11) is 0. The van der Waals surface area contributed by atoms with Gasteiger partial charge in [0.1, 0.15) is 18.3 Å². The lowest BCUT2D eigenvalue weighted by molar-refractivity contribution is -0.245. The first kappa shape index (κ1) is 14.8. The lowest BCUT2D eigenvalue weighted by Crippen LogP contribution is -2.46. The second-order valence-corrected chi connectivity index (χ2v) is 4.98. The Morgan fingerprint density at radius 2 is 2.00 bits per heavy atom. The summed E-state index contributed by atoms with van der Waals surface area (Å²) in [5.41, 5.74) is 0. The monoisotopic (exact) mass is 249 g/mol. The Hall–Kier alpha value is -0.240. The van der Waals surface area contributed by atoms with Gasteiger partial charge in [-0.2, -0.15) is 0 Å². The minimum atomic E-state index is -2.05. The van der Waals surface area contributed by atoms with Gasteiger partial charge in [-0.25, -0.2) is 0 Å². The van der Waals surface area contributed by atoms with Crippen LogP contribution < -0.4 is 5.32 Å². The summed E-state index contributed by atoms with van der Waals surface area (Å²) < 4.78 is 5.07. The Bertz CT molecular complexity index is 238. The second kappa shape index (κ2) is 6.08. The standard InChI is InChI=1S/C11H23NO5/c1-7(2)3-4-12-5-8-9(14)10(15)11(16,6-13)17-8/h7-10,12-16H,3-6H2,1-2H3/t8-,9+,10-,11+/m0/s1. The van der Waals surface area contributed by atoms with Crippen LogP contribution in [-0.4, -0.2) is 64.2 Å². The molecule has 1 saturated heterocycles. The van der Waals surface area contributed by atoms with Crippen LogP contribution >= 0.6 is 0 Å². The third-order valence-corrected chi connectivity index (χ3v) is 2.99. The average Bonchev–Trinajstić information content (AvgIpc) is 2.50. The molecule has 0 spiro atoms. The molecule has 0 saturated carbocycles. The molecule has 1 heterocycles. The van der Waals surface area contributed by atoms with Gasteiger partial charge < -0.3 is 30.5 Å². The highest BCUT2D eigenvalue weighted by Gasteiger charge is 2.52. The molecule has 0 aromatic carbocycles. The smallest absolute Gasteiger partial charge is 0.219 e. The van der Waals surface area contributed by atoms with Crippen LogP contribution in [0.3, 0.4) is 0 Å². The lowest BCUT2D eigenvalue weighted by Gasteiger charge is -2.22. The summed E-state index contributed by atoms with van der Waals surface area (Å²) in [5.74, 6) is -1.47. The molecule has 5 N–H and O–H groups in total. The summed E-state index contributed by atoms with van der Waals surface area (Å²) in [6.07, 6.45) is -2.40. The molecular formula is C11H23NO5. The van der Waals surface area contributed by atoms with Crippen LogP contribution in [0.25, 0.3) is 0 Å². The van der Waals surface area contributed by atoms with E-state index in [0.717, 1.165) is 13.0 Å². The Labute approximate surface area is 101 Å². The number of ether oxygens (including phenoxy) is 1. The SMILES string of the molecule is CC(C)CCNC[C@@H]1O[C@](O)(CO)[C@@H](O)[C@@H]1O. The number of rotatable bonds is 6. The van der Waals surface area contributed by atoms with Gasteiger partial charge in [0, 0.05) is 6.54 Å². The third kappa shape index (κ3) is 3.61. The van der Waals surface area contributed by atoms with Gasteiger partial charge in [0.2, 0.25) is 5.79 Å². The van der Waals surface area contributed by atoms with Crippen LogP contribution in [0.1, 0.15) is 20.3 Å². The predicted molar refractivity (Wildman–Crippen MR) is 61.2 cm³/mol. The normalized spacial score (nSPS) is 37.9. The third-order valence-electron chi connectivity index (χ3n) is 2.99. The van der Waals surface area contributed by atoms with Crippen molar-refractivity contribution in [3.8, 4) is 0 Å². The van der Waals surface area contributed by atoms with Crippen molar-refractivity contribution in [2.75, 3.05) is 19.7 Å². The molecule has 17 heavy (non-hydrogen) atoms. The highest BCUT2D eigenvalue weighted by molar-refractivity contribution is 4.95. The molecule has 0 aromatic heterocycles. The molecule has 0 radical (unpaired) electrons. The van der Waals surface area contributed by atoms with Crippen molar-refractivity contribution in [2.24, 2.45) is 5.92 Å². The van der Waals surface area contributed by atoms with Crippen LogP contribution in [0, 0.1) is 5.92 Å². The molecule has 1 aliphatic heterocycles. The number of hydrogen-bond acceptors (Lipinski definition) is 6. The first-order chi connectivity index (χ1) is 7.90. The Morgan fingerprint density at radius 3 is 2.47 bits per heavy atom. The molecule has 1 fully saturated rings. The maximum atomic E-state index is 9.65. The molecule has 0 aliphatic carbocycles. The zero-order valence-corrected chi connectivity index (χ0v) is 10.3. The molecule has 6 heteroatoms. The predicted octanol–water partition coefficient (Wildman–Crippen LogP) is -1.58. The zero-order valence-electron chi connectivity index (χ0n) is 10.3. The minimum absolute atomic E-state index is 0.327. The van der Waals surface area contributed by atoms with Crippen LogP contribution in [-0.2, 0) is 4.74 Å². The summed E-state index contributed by atoms with van der Waals surface area (Å²) >= 11 is 0. The van der Waals surface area contributed by atoms with E-state index in [1.165, 1.54) is 0 Å². The van der Waals surface area contributed by atoms with Crippen molar-refractivity contribution in [3.63, 3.8) is 0 Å². The van der Waals surface area contributed by atoms with E-state index in [-0.39, 0.29) is 0 Å². The second-order valence-electron chi connectivity index (χ2n) is 4.98. The Balaban J connectivity index is 2.35. The molecule has 0 aromatic rings. The number of aliphatic hydroxyl groups is 4. The van der Waals surface area contributed by atoms with Crippen molar-refractivity contribution >= 4 is 0 Å². The molecule has 102 valence electrons. The van der Waals surface area contributed by atoms with E-state index in [2.05, 4.69) is 19.2 Å². The number of hydrogen-bond donors (Lipinski definition) is 5. The van der Waals surface area contributed by atoms with Gasteiger partial charge in [-0.1, -0.05) is 13.8 Å². The molecule has 4 atom stereocenters. The fourth-order valence-corrected chi connectivity index (χ4v) is 1.80. The highest BCUT2D eigenvalue weighted by Crippen LogP contribution is 2.28. The van der Waals surface area contributed by atoms with Crippen molar-refractivity contribution in [1.29, 1.82) is 0 Å². The van der Waals surface area contributed by atoms with Crippen molar-refractivity contribution in [1.82, 2.24) is 5.32 Å². The van der Waals surface area contributed by atoms with Gasteiger partial charge in [-0.05, 0) is 18.9 Å². The van der Waals surface area contributed by atoms with Gasteiger partial charge in [0.25, 0.3) is 0 Å². The van der Waals surface area contributed by atoms with Crippen LogP contribution in [0.4, 0.5) is 0 Å². The van der Waals surface area contributed by atoms with Gasteiger partial charge >= 0.3 is 0 Å². The van der Waals surface area contributed by atoms with Gasteiger partial charge in [-0.15, -0.1) is 0 Å². The summed E-state index contributed by atoms with van der Waals surface area (Å²) in [5, 5.41) is 40.8. The summed E-state index contributed by atoms with van der Waals surface area (Å²) in [6, 6.07) is 0. The average molecular weight is 249 g/mol. The first-order valence-electron chi connectivity index (χ1n) is 5.98. The van der Waals surface area contributed by atoms with E-state index in [1.807, 2.05) is 0 Å². The zero-order chi connectivity index (χ0) is 13.1. The highest BCUT2D eigenvalue weighted by atomic mass is 16.7. The molecule has 1 rings (SSSR count). The van der Waals surface area contributed by atoms with E-state index in [9.17, 15) is 15.3 Å². The Kier molecular flexibility index (Phi) is 5.30. The van der Waals surface area contributed by atoms with Crippen LogP contribution in [0.2, 0.25) is 0 Å². The van der Waals surface area contributed by atoms with Crippen molar-refractivity contribution in [2.45, 2.75) is 44.4 Å². The fourth-order valence-electron chi connectivity index (χ4n) is 1.80.